The average Bonchev–Trinajstić information content (AvgIpc) is 2.81. The summed E-state index contributed by atoms with van der Waals surface area (Å²) in [5.74, 6) is -2.59. The first-order valence-corrected chi connectivity index (χ1v) is 13.7. The van der Waals surface area contributed by atoms with Gasteiger partial charge in [0.2, 0.25) is 0 Å². The molecule has 2 unspecified atom stereocenters. The van der Waals surface area contributed by atoms with Crippen LogP contribution in [0.25, 0.3) is 0 Å². The first kappa shape index (κ1) is 33.7. The van der Waals surface area contributed by atoms with E-state index in [1.807, 2.05) is 0 Å². The van der Waals surface area contributed by atoms with Crippen LogP contribution >= 0.6 is 0 Å². The monoisotopic (exact) mass is 581 g/mol. The highest BCUT2D eigenvalue weighted by Gasteiger charge is 2.31. The van der Waals surface area contributed by atoms with Gasteiger partial charge in [0.05, 0.1) is 0 Å². The van der Waals surface area contributed by atoms with E-state index in [1.165, 1.54) is 18.2 Å². The lowest BCUT2D eigenvalue weighted by Gasteiger charge is -2.26. The standard InChI is InChI=1S/C29H43NO11/c1-17(36-25(33)37-19-11-9-8-10-12-19)15-20(23(30)24(31)32)18-13-14-21(38-26(34)40-28(2,3)4)22(16-18)39-27(35)41-29(5,6)7/h13-14,16-17,19-20,23H,8-12,15,30H2,1-7H3,(H,31,32)/t17?,20?,23-/m0/s1. The third-order valence-corrected chi connectivity index (χ3v) is 5.98. The normalized spacial score (nSPS) is 16.5. The third kappa shape index (κ3) is 12.2. The van der Waals surface area contributed by atoms with E-state index in [9.17, 15) is 24.3 Å². The molecule has 0 bridgehead atoms. The van der Waals surface area contributed by atoms with Crippen molar-refractivity contribution in [1.82, 2.24) is 0 Å². The van der Waals surface area contributed by atoms with E-state index in [0.29, 0.717) is 5.56 Å². The van der Waals surface area contributed by atoms with Gasteiger partial charge in [0.25, 0.3) is 0 Å². The van der Waals surface area contributed by atoms with E-state index in [2.05, 4.69) is 0 Å². The van der Waals surface area contributed by atoms with Gasteiger partial charge in [-0.1, -0.05) is 12.5 Å². The first-order valence-electron chi connectivity index (χ1n) is 13.7. The van der Waals surface area contributed by atoms with Gasteiger partial charge in [-0.25, -0.2) is 14.4 Å². The van der Waals surface area contributed by atoms with Gasteiger partial charge in [-0.05, 0) is 98.3 Å². The second-order valence-corrected chi connectivity index (χ2v) is 12.1. The molecule has 0 aliphatic heterocycles. The van der Waals surface area contributed by atoms with Gasteiger partial charge in [0, 0.05) is 5.92 Å². The Labute approximate surface area is 240 Å². The van der Waals surface area contributed by atoms with Crippen molar-refractivity contribution in [3.05, 3.63) is 23.8 Å². The fourth-order valence-corrected chi connectivity index (χ4v) is 4.22. The van der Waals surface area contributed by atoms with Crippen LogP contribution in [-0.2, 0) is 23.7 Å². The van der Waals surface area contributed by atoms with Crippen LogP contribution in [0.5, 0.6) is 11.5 Å². The van der Waals surface area contributed by atoms with Crippen LogP contribution < -0.4 is 15.2 Å². The minimum absolute atomic E-state index is 0.00534. The Bertz CT molecular complexity index is 1070. The Morgan fingerprint density at radius 3 is 1.93 bits per heavy atom. The maximum Gasteiger partial charge on any atom is 0.514 e. The van der Waals surface area contributed by atoms with E-state index >= 15 is 0 Å². The number of carboxylic acids is 1. The highest BCUT2D eigenvalue weighted by Crippen LogP contribution is 2.35. The zero-order chi connectivity index (χ0) is 31.0. The molecule has 12 heteroatoms. The average molecular weight is 582 g/mol. The molecule has 1 saturated carbocycles. The van der Waals surface area contributed by atoms with E-state index < -0.39 is 53.7 Å². The van der Waals surface area contributed by atoms with Crippen molar-refractivity contribution in [2.45, 2.75) is 122 Å². The minimum Gasteiger partial charge on any atom is -0.480 e. The maximum atomic E-state index is 12.5. The molecule has 1 aliphatic carbocycles. The Morgan fingerprint density at radius 2 is 1.41 bits per heavy atom. The molecule has 1 aliphatic rings. The zero-order valence-corrected chi connectivity index (χ0v) is 24.9. The molecule has 2 rings (SSSR count). The number of benzene rings is 1. The lowest BCUT2D eigenvalue weighted by molar-refractivity contribution is -0.139. The van der Waals surface area contributed by atoms with E-state index in [-0.39, 0.29) is 24.0 Å². The van der Waals surface area contributed by atoms with E-state index in [1.54, 1.807) is 48.5 Å². The smallest absolute Gasteiger partial charge is 0.480 e. The van der Waals surface area contributed by atoms with Crippen LogP contribution in [0.15, 0.2) is 18.2 Å². The van der Waals surface area contributed by atoms with Gasteiger partial charge in [-0.2, -0.15) is 0 Å². The number of ether oxygens (including phenoxy) is 6. The summed E-state index contributed by atoms with van der Waals surface area (Å²) in [5, 5.41) is 9.70. The van der Waals surface area contributed by atoms with Crippen LogP contribution in [0.2, 0.25) is 0 Å². The molecule has 0 aromatic heterocycles. The van der Waals surface area contributed by atoms with Crippen LogP contribution in [0.4, 0.5) is 14.4 Å². The quantitative estimate of drug-likeness (QED) is 0.196. The lowest BCUT2D eigenvalue weighted by Crippen LogP contribution is -2.38. The molecule has 1 fully saturated rings. The van der Waals surface area contributed by atoms with Crippen molar-refractivity contribution < 1.29 is 52.7 Å². The molecule has 1 aromatic rings. The zero-order valence-electron chi connectivity index (χ0n) is 24.9. The molecule has 12 nitrogen and oxygen atoms in total. The number of aliphatic carboxylic acids is 1. The SMILES string of the molecule is CC(CC(c1ccc(OC(=O)OC(C)(C)C)c(OC(=O)OC(C)(C)C)c1)[C@H](N)C(=O)O)OC(=O)OC1CCCCC1. The highest BCUT2D eigenvalue weighted by atomic mass is 16.8. The van der Waals surface area contributed by atoms with Crippen LogP contribution in [-0.4, -0.2) is 59.0 Å². The predicted octanol–water partition coefficient (Wildman–Crippen LogP) is 6.07. The van der Waals surface area contributed by atoms with Gasteiger partial charge in [0.1, 0.15) is 29.5 Å². The maximum absolute atomic E-state index is 12.5. The van der Waals surface area contributed by atoms with Crippen molar-refractivity contribution in [2.75, 3.05) is 0 Å². The summed E-state index contributed by atoms with van der Waals surface area (Å²) >= 11 is 0. The second kappa shape index (κ2) is 14.4. The van der Waals surface area contributed by atoms with Gasteiger partial charge >= 0.3 is 24.4 Å². The van der Waals surface area contributed by atoms with Crippen molar-refractivity contribution in [3.63, 3.8) is 0 Å². The summed E-state index contributed by atoms with van der Waals surface area (Å²) < 4.78 is 31.8. The molecule has 0 spiro atoms. The van der Waals surface area contributed by atoms with E-state index in [0.717, 1.165) is 32.1 Å². The van der Waals surface area contributed by atoms with Crippen molar-refractivity contribution in [2.24, 2.45) is 5.73 Å². The first-order chi connectivity index (χ1) is 18.9. The van der Waals surface area contributed by atoms with Crippen molar-refractivity contribution >= 4 is 24.4 Å². The molecule has 0 saturated heterocycles. The van der Waals surface area contributed by atoms with E-state index in [4.69, 9.17) is 34.2 Å². The molecular weight excluding hydrogens is 538 g/mol. The molecular formula is C29H43NO11. The van der Waals surface area contributed by atoms with Crippen LogP contribution in [0.1, 0.15) is 98.5 Å². The number of carboxylic acid groups (broad SMARTS) is 1. The summed E-state index contributed by atoms with van der Waals surface area (Å²) in [4.78, 5) is 49.1. The summed E-state index contributed by atoms with van der Waals surface area (Å²) in [6.07, 6.45) is 0.674. The largest absolute Gasteiger partial charge is 0.514 e. The molecule has 3 atom stereocenters. The van der Waals surface area contributed by atoms with Crippen LogP contribution in [0, 0.1) is 0 Å². The summed E-state index contributed by atoms with van der Waals surface area (Å²) in [6, 6.07) is 2.71. The minimum atomic E-state index is -1.41. The summed E-state index contributed by atoms with van der Waals surface area (Å²) in [7, 11) is 0. The third-order valence-electron chi connectivity index (χ3n) is 5.98. The summed E-state index contributed by atoms with van der Waals surface area (Å²) in [5.41, 5.74) is 4.63. The molecule has 1 aromatic carbocycles. The molecule has 0 amide bonds. The highest BCUT2D eigenvalue weighted by molar-refractivity contribution is 5.75. The number of hydrogen-bond donors (Lipinski definition) is 2. The Kier molecular flexibility index (Phi) is 11.8. The van der Waals surface area contributed by atoms with Crippen molar-refractivity contribution in [1.29, 1.82) is 0 Å². The predicted molar refractivity (Wildman–Crippen MR) is 147 cm³/mol. The number of carbonyl (C=O) groups is 4. The molecule has 0 radical (unpaired) electrons. The molecule has 41 heavy (non-hydrogen) atoms. The van der Waals surface area contributed by atoms with Gasteiger partial charge < -0.3 is 39.3 Å². The lowest BCUT2D eigenvalue weighted by atomic mass is 9.87. The molecule has 230 valence electrons. The van der Waals surface area contributed by atoms with Crippen LogP contribution in [0.3, 0.4) is 0 Å². The Balaban J connectivity index is 2.31. The Hall–Kier alpha value is -3.54. The topological polar surface area (TPSA) is 170 Å². The van der Waals surface area contributed by atoms with Gasteiger partial charge in [-0.15, -0.1) is 0 Å². The summed E-state index contributed by atoms with van der Waals surface area (Å²) in [6.45, 7) is 11.5. The number of carbonyl (C=O) groups excluding carboxylic acids is 3. The Morgan fingerprint density at radius 1 is 0.878 bits per heavy atom. The van der Waals surface area contributed by atoms with Crippen molar-refractivity contribution in [3.8, 4) is 11.5 Å². The molecule has 0 heterocycles. The number of rotatable bonds is 9. The fraction of sp³-hybridized carbons (Fsp3) is 0.655. The van der Waals surface area contributed by atoms with Gasteiger partial charge in [0.15, 0.2) is 11.5 Å². The number of nitrogens with two attached hydrogens (primary N) is 1. The second-order valence-electron chi connectivity index (χ2n) is 12.1. The number of hydrogen-bond acceptors (Lipinski definition) is 11. The van der Waals surface area contributed by atoms with Gasteiger partial charge in [-0.3, -0.25) is 4.79 Å². The molecule has 3 N–H and O–H groups in total. The fourth-order valence-electron chi connectivity index (χ4n) is 4.22.